The molecule has 0 bridgehead atoms. The van der Waals surface area contributed by atoms with Gasteiger partial charge in [-0.2, -0.15) is 0 Å². The Morgan fingerprint density at radius 3 is 2.48 bits per heavy atom. The number of thiophene rings is 1. The van der Waals surface area contributed by atoms with E-state index in [2.05, 4.69) is 10.9 Å². The topological polar surface area (TPSA) is 58.2 Å². The van der Waals surface area contributed by atoms with Crippen LogP contribution in [-0.4, -0.2) is 17.6 Å². The van der Waals surface area contributed by atoms with Crippen molar-refractivity contribution in [3.8, 4) is 0 Å². The number of benzene rings is 1. The van der Waals surface area contributed by atoms with Crippen LogP contribution in [0.25, 0.3) is 0 Å². The third-order valence-electron chi connectivity index (χ3n) is 2.44. The summed E-state index contributed by atoms with van der Waals surface area (Å²) in [4.78, 5) is 25.1. The van der Waals surface area contributed by atoms with Crippen LogP contribution in [0, 0.1) is 0 Å². The van der Waals surface area contributed by atoms with Gasteiger partial charge in [-0.15, -0.1) is 23.1 Å². The molecule has 0 radical (unpaired) electrons. The normalized spacial score (nSPS) is 10.1. The van der Waals surface area contributed by atoms with E-state index in [1.807, 2.05) is 29.6 Å². The zero-order chi connectivity index (χ0) is 15.1. The van der Waals surface area contributed by atoms with Gasteiger partial charge in [0.1, 0.15) is 0 Å². The first-order valence-electron chi connectivity index (χ1n) is 6.12. The van der Waals surface area contributed by atoms with Gasteiger partial charge in [-0.1, -0.05) is 17.7 Å². The largest absolute Gasteiger partial charge is 0.273 e. The summed E-state index contributed by atoms with van der Waals surface area (Å²) in [6, 6.07) is 11.0. The third kappa shape index (κ3) is 5.79. The molecule has 0 aliphatic rings. The molecule has 0 atom stereocenters. The highest BCUT2D eigenvalue weighted by molar-refractivity contribution is 8.00. The lowest BCUT2D eigenvalue weighted by molar-refractivity contribution is -0.127. The van der Waals surface area contributed by atoms with Crippen LogP contribution in [0.3, 0.4) is 0 Å². The van der Waals surface area contributed by atoms with Crippen molar-refractivity contribution >= 4 is 46.5 Å². The molecule has 7 heteroatoms. The quantitative estimate of drug-likeness (QED) is 0.650. The Morgan fingerprint density at radius 1 is 1.10 bits per heavy atom. The molecule has 0 unspecified atom stereocenters. The number of hydrogen-bond donors (Lipinski definition) is 2. The maximum Gasteiger partial charge on any atom is 0.248 e. The Labute approximate surface area is 135 Å². The van der Waals surface area contributed by atoms with Crippen molar-refractivity contribution < 1.29 is 9.59 Å². The van der Waals surface area contributed by atoms with E-state index in [9.17, 15) is 9.59 Å². The first-order chi connectivity index (χ1) is 10.1. The SMILES string of the molecule is O=C(CSc1ccc(Cl)cc1)NNC(=O)Cc1cccs1. The van der Waals surface area contributed by atoms with Crippen molar-refractivity contribution in [1.29, 1.82) is 0 Å². The van der Waals surface area contributed by atoms with Crippen LogP contribution in [0.15, 0.2) is 46.7 Å². The number of carbonyl (C=O) groups excluding carboxylic acids is 2. The Kier molecular flexibility index (Phi) is 6.10. The van der Waals surface area contributed by atoms with E-state index >= 15 is 0 Å². The number of hydrazine groups is 1. The minimum Gasteiger partial charge on any atom is -0.273 e. The third-order valence-corrected chi connectivity index (χ3v) is 4.58. The maximum atomic E-state index is 11.6. The second kappa shape index (κ2) is 8.07. The minimum absolute atomic E-state index is 0.223. The monoisotopic (exact) mass is 340 g/mol. The van der Waals surface area contributed by atoms with Crippen LogP contribution < -0.4 is 10.9 Å². The Morgan fingerprint density at radius 2 is 1.81 bits per heavy atom. The predicted octanol–water partition coefficient (Wildman–Crippen LogP) is 2.88. The van der Waals surface area contributed by atoms with Crippen molar-refractivity contribution in [3.05, 3.63) is 51.7 Å². The van der Waals surface area contributed by atoms with E-state index in [1.54, 1.807) is 12.1 Å². The molecule has 1 heterocycles. The van der Waals surface area contributed by atoms with Crippen molar-refractivity contribution in [2.45, 2.75) is 11.3 Å². The summed E-state index contributed by atoms with van der Waals surface area (Å²) >= 11 is 8.66. The van der Waals surface area contributed by atoms with Crippen molar-refractivity contribution in [3.63, 3.8) is 0 Å². The van der Waals surface area contributed by atoms with Crippen LogP contribution >= 0.6 is 34.7 Å². The molecule has 0 aliphatic carbocycles. The zero-order valence-corrected chi connectivity index (χ0v) is 13.4. The summed E-state index contributed by atoms with van der Waals surface area (Å²) in [6.07, 6.45) is 0.266. The van der Waals surface area contributed by atoms with Crippen molar-refractivity contribution in [1.82, 2.24) is 10.9 Å². The summed E-state index contributed by atoms with van der Waals surface area (Å²) in [5.41, 5.74) is 4.80. The second-order valence-corrected chi connectivity index (χ2v) is 6.61. The molecule has 2 N–H and O–H groups in total. The first-order valence-corrected chi connectivity index (χ1v) is 8.36. The number of halogens is 1. The molecule has 0 saturated carbocycles. The Balaban J connectivity index is 1.67. The van der Waals surface area contributed by atoms with Crippen molar-refractivity contribution in [2.24, 2.45) is 0 Å². The van der Waals surface area contributed by atoms with Gasteiger partial charge in [0.05, 0.1) is 12.2 Å². The van der Waals surface area contributed by atoms with E-state index in [-0.39, 0.29) is 24.0 Å². The molecule has 0 fully saturated rings. The highest BCUT2D eigenvalue weighted by Crippen LogP contribution is 2.19. The van der Waals surface area contributed by atoms with Crippen LogP contribution in [0.2, 0.25) is 5.02 Å². The Bertz CT molecular complexity index is 600. The van der Waals surface area contributed by atoms with Gasteiger partial charge in [0, 0.05) is 14.8 Å². The van der Waals surface area contributed by atoms with Crippen LogP contribution in [0.5, 0.6) is 0 Å². The van der Waals surface area contributed by atoms with E-state index in [0.29, 0.717) is 5.02 Å². The smallest absolute Gasteiger partial charge is 0.248 e. The minimum atomic E-state index is -0.255. The summed E-state index contributed by atoms with van der Waals surface area (Å²) in [5.74, 6) is -0.266. The number of nitrogens with one attached hydrogen (secondary N) is 2. The van der Waals surface area contributed by atoms with E-state index in [1.165, 1.54) is 23.1 Å². The molecule has 1 aromatic heterocycles. The van der Waals surface area contributed by atoms with Gasteiger partial charge in [-0.3, -0.25) is 20.4 Å². The molecule has 2 rings (SSSR count). The maximum absolute atomic E-state index is 11.6. The zero-order valence-electron chi connectivity index (χ0n) is 11.0. The fourth-order valence-corrected chi connectivity index (χ4v) is 3.00. The van der Waals surface area contributed by atoms with E-state index in [4.69, 9.17) is 11.6 Å². The van der Waals surface area contributed by atoms with Crippen LogP contribution in [0.1, 0.15) is 4.88 Å². The molecule has 4 nitrogen and oxygen atoms in total. The number of hydrogen-bond acceptors (Lipinski definition) is 4. The van der Waals surface area contributed by atoms with Gasteiger partial charge in [-0.05, 0) is 35.7 Å². The summed E-state index contributed by atoms with van der Waals surface area (Å²) in [5, 5.41) is 2.56. The fraction of sp³-hybridized carbons (Fsp3) is 0.143. The number of carbonyl (C=O) groups is 2. The van der Waals surface area contributed by atoms with Crippen LogP contribution in [-0.2, 0) is 16.0 Å². The number of rotatable bonds is 5. The molecule has 0 saturated heterocycles. The molecule has 2 aromatic rings. The first kappa shape index (κ1) is 15.9. The number of amides is 2. The highest BCUT2D eigenvalue weighted by atomic mass is 35.5. The molecular formula is C14H13ClN2O2S2. The summed E-state index contributed by atoms with van der Waals surface area (Å²) < 4.78 is 0. The number of thioether (sulfide) groups is 1. The molecule has 110 valence electrons. The van der Waals surface area contributed by atoms with Gasteiger partial charge in [0.2, 0.25) is 11.8 Å². The molecule has 0 aliphatic heterocycles. The molecular weight excluding hydrogens is 328 g/mol. The summed E-state index contributed by atoms with van der Waals surface area (Å²) in [6.45, 7) is 0. The predicted molar refractivity (Wildman–Crippen MR) is 86.5 cm³/mol. The van der Waals surface area contributed by atoms with Crippen LogP contribution in [0.4, 0.5) is 0 Å². The molecule has 2 amide bonds. The lowest BCUT2D eigenvalue weighted by atomic mass is 10.3. The van der Waals surface area contributed by atoms with Gasteiger partial charge >= 0.3 is 0 Å². The van der Waals surface area contributed by atoms with Gasteiger partial charge in [-0.25, -0.2) is 0 Å². The molecule has 0 spiro atoms. The lowest BCUT2D eigenvalue weighted by Crippen LogP contribution is -2.43. The van der Waals surface area contributed by atoms with E-state index < -0.39 is 0 Å². The Hall–Kier alpha value is -1.50. The average molecular weight is 341 g/mol. The van der Waals surface area contributed by atoms with Crippen molar-refractivity contribution in [2.75, 3.05) is 5.75 Å². The average Bonchev–Trinajstić information content (AvgIpc) is 2.97. The standard InChI is InChI=1S/C14H13ClN2O2S2/c15-10-3-5-11(6-4-10)21-9-14(19)17-16-13(18)8-12-2-1-7-20-12/h1-7H,8-9H2,(H,16,18)(H,17,19). The molecule has 1 aromatic carbocycles. The van der Waals surface area contributed by atoms with Gasteiger partial charge in [0.25, 0.3) is 0 Å². The molecule has 21 heavy (non-hydrogen) atoms. The lowest BCUT2D eigenvalue weighted by Gasteiger charge is -2.06. The summed E-state index contributed by atoms with van der Waals surface area (Å²) in [7, 11) is 0. The highest BCUT2D eigenvalue weighted by Gasteiger charge is 2.07. The van der Waals surface area contributed by atoms with Gasteiger partial charge in [0.15, 0.2) is 0 Å². The van der Waals surface area contributed by atoms with E-state index in [0.717, 1.165) is 9.77 Å². The fourth-order valence-electron chi connectivity index (χ4n) is 1.47. The van der Waals surface area contributed by atoms with Gasteiger partial charge < -0.3 is 0 Å². The second-order valence-electron chi connectivity index (χ2n) is 4.10.